The lowest BCUT2D eigenvalue weighted by atomic mass is 10.3. The van der Waals surface area contributed by atoms with Crippen LogP contribution in [0.2, 0.25) is 0 Å². The minimum atomic E-state index is 0.532. The summed E-state index contributed by atoms with van der Waals surface area (Å²) in [6.45, 7) is 4.04. The summed E-state index contributed by atoms with van der Waals surface area (Å²) >= 11 is 0. The van der Waals surface area contributed by atoms with Crippen LogP contribution in [-0.4, -0.2) is 41.4 Å². The Bertz CT molecular complexity index is 490. The van der Waals surface area contributed by atoms with E-state index in [0.717, 1.165) is 18.8 Å². The fraction of sp³-hybridized carbons (Fsp3) is 0.400. The molecule has 4 heteroatoms. The van der Waals surface area contributed by atoms with Crippen molar-refractivity contribution in [3.8, 4) is 5.69 Å². The molecule has 0 spiro atoms. The van der Waals surface area contributed by atoms with Gasteiger partial charge in [-0.1, -0.05) is 18.2 Å². The van der Waals surface area contributed by atoms with E-state index in [-0.39, 0.29) is 0 Å². The molecule has 1 aromatic carbocycles. The summed E-state index contributed by atoms with van der Waals surface area (Å²) in [5, 5.41) is 7.84. The predicted molar refractivity (Wildman–Crippen MR) is 78.4 cm³/mol. The summed E-state index contributed by atoms with van der Waals surface area (Å²) in [6.07, 6.45) is 3.99. The van der Waals surface area contributed by atoms with Gasteiger partial charge in [-0.05, 0) is 33.2 Å². The number of benzene rings is 1. The number of nitrogens with one attached hydrogen (secondary N) is 1. The summed E-state index contributed by atoms with van der Waals surface area (Å²) in [7, 11) is 4.19. The predicted octanol–water partition coefficient (Wildman–Crippen LogP) is 1.91. The van der Waals surface area contributed by atoms with Crippen LogP contribution in [0.1, 0.15) is 12.5 Å². The van der Waals surface area contributed by atoms with Gasteiger partial charge in [0.15, 0.2) is 0 Å². The highest BCUT2D eigenvalue weighted by Gasteiger charge is 2.04. The molecule has 2 aromatic rings. The van der Waals surface area contributed by atoms with E-state index in [4.69, 9.17) is 0 Å². The van der Waals surface area contributed by atoms with E-state index in [9.17, 15) is 0 Å². The van der Waals surface area contributed by atoms with Crippen LogP contribution < -0.4 is 5.32 Å². The van der Waals surface area contributed by atoms with Crippen LogP contribution >= 0.6 is 0 Å². The van der Waals surface area contributed by atoms with Gasteiger partial charge in [0.1, 0.15) is 0 Å². The van der Waals surface area contributed by atoms with E-state index < -0.39 is 0 Å². The van der Waals surface area contributed by atoms with E-state index in [1.54, 1.807) is 0 Å². The topological polar surface area (TPSA) is 33.1 Å². The van der Waals surface area contributed by atoms with Crippen LogP contribution in [0.25, 0.3) is 5.69 Å². The first-order valence-corrected chi connectivity index (χ1v) is 6.63. The van der Waals surface area contributed by atoms with Gasteiger partial charge in [0.25, 0.3) is 0 Å². The van der Waals surface area contributed by atoms with Gasteiger partial charge in [-0.25, -0.2) is 4.68 Å². The molecule has 0 bridgehead atoms. The third kappa shape index (κ3) is 3.91. The van der Waals surface area contributed by atoms with Crippen LogP contribution in [0.3, 0.4) is 0 Å². The monoisotopic (exact) mass is 258 g/mol. The quantitative estimate of drug-likeness (QED) is 0.859. The minimum absolute atomic E-state index is 0.532. The Hall–Kier alpha value is -1.65. The molecule has 4 nitrogen and oxygen atoms in total. The van der Waals surface area contributed by atoms with Crippen molar-refractivity contribution >= 4 is 0 Å². The average molecular weight is 258 g/mol. The Labute approximate surface area is 115 Å². The fourth-order valence-electron chi connectivity index (χ4n) is 1.78. The van der Waals surface area contributed by atoms with Crippen LogP contribution in [0, 0.1) is 0 Å². The molecule has 0 saturated carbocycles. The number of aromatic nitrogens is 2. The van der Waals surface area contributed by atoms with Gasteiger partial charge in [0.05, 0.1) is 11.9 Å². The highest BCUT2D eigenvalue weighted by Crippen LogP contribution is 2.07. The van der Waals surface area contributed by atoms with Crippen LogP contribution in [0.5, 0.6) is 0 Å². The standard InChI is InChI=1S/C15H22N4/c1-13(18(2)3)9-16-10-14-11-17-19(12-14)15-7-5-4-6-8-15/h4-8,11-13,16H,9-10H2,1-3H3. The van der Waals surface area contributed by atoms with Crippen molar-refractivity contribution in [1.82, 2.24) is 20.0 Å². The maximum absolute atomic E-state index is 4.39. The first kappa shape index (κ1) is 13.8. The zero-order valence-electron chi connectivity index (χ0n) is 11.9. The Balaban J connectivity index is 1.88. The fourth-order valence-corrected chi connectivity index (χ4v) is 1.78. The third-order valence-corrected chi connectivity index (χ3v) is 3.31. The second-order valence-corrected chi connectivity index (χ2v) is 5.07. The van der Waals surface area contributed by atoms with Crippen molar-refractivity contribution in [3.63, 3.8) is 0 Å². The summed E-state index contributed by atoms with van der Waals surface area (Å²) in [4.78, 5) is 2.21. The molecule has 0 saturated heterocycles. The van der Waals surface area contributed by atoms with Crippen LogP contribution in [-0.2, 0) is 6.54 Å². The van der Waals surface area contributed by atoms with Crippen molar-refractivity contribution in [2.45, 2.75) is 19.5 Å². The SMILES string of the molecule is CC(CNCc1cnn(-c2ccccc2)c1)N(C)C. The molecule has 1 heterocycles. The molecule has 102 valence electrons. The smallest absolute Gasteiger partial charge is 0.0645 e. The van der Waals surface area contributed by atoms with Gasteiger partial charge in [-0.15, -0.1) is 0 Å². The average Bonchev–Trinajstić information content (AvgIpc) is 2.88. The van der Waals surface area contributed by atoms with Gasteiger partial charge in [-0.2, -0.15) is 5.10 Å². The number of nitrogens with zero attached hydrogens (tertiary/aromatic N) is 3. The van der Waals surface area contributed by atoms with Gasteiger partial charge in [0.2, 0.25) is 0 Å². The number of likely N-dealkylation sites (N-methyl/N-ethyl adjacent to an activating group) is 1. The van der Waals surface area contributed by atoms with Crippen molar-refractivity contribution in [2.75, 3.05) is 20.6 Å². The van der Waals surface area contributed by atoms with E-state index >= 15 is 0 Å². The largest absolute Gasteiger partial charge is 0.311 e. The zero-order valence-corrected chi connectivity index (χ0v) is 11.9. The molecule has 0 radical (unpaired) electrons. The van der Waals surface area contributed by atoms with Gasteiger partial charge < -0.3 is 10.2 Å². The summed E-state index contributed by atoms with van der Waals surface area (Å²) in [6, 6.07) is 10.7. The molecule has 1 unspecified atom stereocenters. The van der Waals surface area contributed by atoms with Gasteiger partial charge in [0, 0.05) is 30.9 Å². The molecule has 1 aromatic heterocycles. The Morgan fingerprint density at radius 2 is 2.00 bits per heavy atom. The van der Waals surface area contributed by atoms with Gasteiger partial charge in [-0.3, -0.25) is 0 Å². The lowest BCUT2D eigenvalue weighted by Gasteiger charge is -2.19. The van der Waals surface area contributed by atoms with Crippen molar-refractivity contribution < 1.29 is 0 Å². The molecular formula is C15H22N4. The van der Waals surface area contributed by atoms with Crippen molar-refractivity contribution in [3.05, 3.63) is 48.3 Å². The Morgan fingerprint density at radius 3 is 2.68 bits per heavy atom. The molecule has 1 N–H and O–H groups in total. The molecule has 0 aliphatic carbocycles. The third-order valence-electron chi connectivity index (χ3n) is 3.31. The highest BCUT2D eigenvalue weighted by atomic mass is 15.3. The maximum Gasteiger partial charge on any atom is 0.0645 e. The maximum atomic E-state index is 4.39. The van der Waals surface area contributed by atoms with E-state index in [0.29, 0.717) is 6.04 Å². The summed E-state index contributed by atoms with van der Waals surface area (Å²) in [5.74, 6) is 0. The van der Waals surface area contributed by atoms with Crippen molar-refractivity contribution in [1.29, 1.82) is 0 Å². The van der Waals surface area contributed by atoms with Crippen LogP contribution in [0.15, 0.2) is 42.7 Å². The summed E-state index contributed by atoms with van der Waals surface area (Å²) in [5.41, 5.74) is 2.30. The first-order valence-electron chi connectivity index (χ1n) is 6.63. The first-order chi connectivity index (χ1) is 9.16. The summed E-state index contributed by atoms with van der Waals surface area (Å²) < 4.78 is 1.91. The minimum Gasteiger partial charge on any atom is -0.311 e. The molecule has 19 heavy (non-hydrogen) atoms. The van der Waals surface area contributed by atoms with Crippen LogP contribution in [0.4, 0.5) is 0 Å². The second-order valence-electron chi connectivity index (χ2n) is 5.07. The molecule has 0 aliphatic rings. The van der Waals surface area contributed by atoms with E-state index in [2.05, 4.69) is 54.7 Å². The number of hydrogen-bond acceptors (Lipinski definition) is 3. The molecule has 2 rings (SSSR count). The molecule has 0 amide bonds. The Kier molecular flexibility index (Phi) is 4.71. The number of hydrogen-bond donors (Lipinski definition) is 1. The van der Waals surface area contributed by atoms with E-state index in [1.807, 2.05) is 29.1 Å². The number of para-hydroxylation sites is 1. The number of rotatable bonds is 6. The lowest BCUT2D eigenvalue weighted by molar-refractivity contribution is 0.302. The van der Waals surface area contributed by atoms with Gasteiger partial charge >= 0.3 is 0 Å². The highest BCUT2D eigenvalue weighted by molar-refractivity contribution is 5.30. The Morgan fingerprint density at radius 1 is 1.26 bits per heavy atom. The molecule has 0 aliphatic heterocycles. The molecule has 0 fully saturated rings. The molecular weight excluding hydrogens is 236 g/mol. The van der Waals surface area contributed by atoms with Crippen molar-refractivity contribution in [2.24, 2.45) is 0 Å². The second kappa shape index (κ2) is 6.50. The normalized spacial score (nSPS) is 12.8. The lowest BCUT2D eigenvalue weighted by Crippen LogP contribution is -2.35. The van der Waals surface area contributed by atoms with E-state index in [1.165, 1.54) is 5.56 Å². The molecule has 1 atom stereocenters. The zero-order chi connectivity index (χ0) is 13.7.